The Morgan fingerprint density at radius 1 is 1.21 bits per heavy atom. The Kier molecular flexibility index (Phi) is 7.52. The molecule has 9 nitrogen and oxygen atoms in total. The molecule has 0 unspecified atom stereocenters. The smallest absolute Gasteiger partial charge is 0.245 e. The molecule has 1 heterocycles. The van der Waals surface area contributed by atoms with Gasteiger partial charge in [-0.1, -0.05) is 30.3 Å². The number of carbonyl (C=O) groups excluding carboxylic acids is 2. The summed E-state index contributed by atoms with van der Waals surface area (Å²) in [6.45, 7) is 4.79. The molecule has 2 N–H and O–H groups in total. The van der Waals surface area contributed by atoms with Crippen LogP contribution >= 0.6 is 0 Å². The summed E-state index contributed by atoms with van der Waals surface area (Å²) in [5.74, 6) is -0.495. The average molecular weight is 423 g/mol. The second-order valence-corrected chi connectivity index (χ2v) is 8.31. The van der Waals surface area contributed by atoms with Gasteiger partial charge in [0.15, 0.2) is 5.76 Å². The number of anilines is 1. The number of nitrogens with one attached hydrogen (secondary N) is 2. The van der Waals surface area contributed by atoms with Crippen molar-refractivity contribution >= 4 is 27.5 Å². The van der Waals surface area contributed by atoms with Crippen LogP contribution in [0.4, 0.5) is 5.69 Å². The van der Waals surface area contributed by atoms with Gasteiger partial charge in [-0.25, -0.2) is 13.1 Å². The summed E-state index contributed by atoms with van der Waals surface area (Å²) >= 11 is 0. The van der Waals surface area contributed by atoms with Crippen molar-refractivity contribution in [1.82, 2.24) is 14.8 Å². The van der Waals surface area contributed by atoms with Crippen LogP contribution in [0.3, 0.4) is 0 Å². The number of para-hydroxylation sites is 1. The number of hydrogen-bond acceptors (Lipinski definition) is 6. The SMILES string of the molecule is CCc1ccccc1NC(=O)CN(C)C(=O)CCNS(=O)(=O)c1c(C)noc1C. The van der Waals surface area contributed by atoms with Crippen molar-refractivity contribution in [2.24, 2.45) is 0 Å². The van der Waals surface area contributed by atoms with Crippen LogP contribution in [0.1, 0.15) is 30.4 Å². The number of aryl methyl sites for hydroxylation is 3. The molecule has 0 fully saturated rings. The molecule has 0 saturated carbocycles. The highest BCUT2D eigenvalue weighted by Crippen LogP contribution is 2.18. The predicted molar refractivity (Wildman–Crippen MR) is 108 cm³/mol. The van der Waals surface area contributed by atoms with Gasteiger partial charge in [0.05, 0.1) is 6.54 Å². The van der Waals surface area contributed by atoms with Crippen LogP contribution in [-0.4, -0.2) is 50.4 Å². The monoisotopic (exact) mass is 422 g/mol. The molecule has 0 atom stereocenters. The first-order chi connectivity index (χ1) is 13.7. The van der Waals surface area contributed by atoms with Gasteiger partial charge in [0.2, 0.25) is 21.8 Å². The van der Waals surface area contributed by atoms with Gasteiger partial charge in [-0.15, -0.1) is 0 Å². The Morgan fingerprint density at radius 3 is 2.52 bits per heavy atom. The molecule has 1 aromatic carbocycles. The van der Waals surface area contributed by atoms with Gasteiger partial charge in [-0.3, -0.25) is 9.59 Å². The fourth-order valence-electron chi connectivity index (χ4n) is 2.86. The van der Waals surface area contributed by atoms with Crippen LogP contribution in [-0.2, 0) is 26.0 Å². The van der Waals surface area contributed by atoms with Crippen molar-refractivity contribution in [2.75, 3.05) is 25.5 Å². The molecule has 2 amide bonds. The van der Waals surface area contributed by atoms with Crippen molar-refractivity contribution in [3.63, 3.8) is 0 Å². The van der Waals surface area contributed by atoms with Crippen LogP contribution in [0.2, 0.25) is 0 Å². The summed E-state index contributed by atoms with van der Waals surface area (Å²) in [4.78, 5) is 25.7. The van der Waals surface area contributed by atoms with Crippen LogP contribution in [0.25, 0.3) is 0 Å². The number of aromatic nitrogens is 1. The molecule has 10 heteroatoms. The third kappa shape index (κ3) is 5.88. The van der Waals surface area contributed by atoms with E-state index in [1.807, 2.05) is 31.2 Å². The molecule has 0 saturated heterocycles. The van der Waals surface area contributed by atoms with Gasteiger partial charge in [-0.05, 0) is 31.9 Å². The van der Waals surface area contributed by atoms with Crippen molar-refractivity contribution in [2.45, 2.75) is 38.5 Å². The van der Waals surface area contributed by atoms with Gasteiger partial charge in [-0.2, -0.15) is 0 Å². The van der Waals surface area contributed by atoms with Gasteiger partial charge in [0, 0.05) is 25.7 Å². The number of nitrogens with zero attached hydrogens (tertiary/aromatic N) is 2. The molecule has 0 aliphatic rings. The predicted octanol–water partition coefficient (Wildman–Crippen LogP) is 1.62. The molecule has 0 radical (unpaired) electrons. The second kappa shape index (κ2) is 9.66. The molecular weight excluding hydrogens is 396 g/mol. The number of benzene rings is 1. The number of carbonyl (C=O) groups is 2. The summed E-state index contributed by atoms with van der Waals surface area (Å²) in [7, 11) is -2.33. The average Bonchev–Trinajstić information content (AvgIpc) is 3.00. The highest BCUT2D eigenvalue weighted by atomic mass is 32.2. The normalized spacial score (nSPS) is 11.3. The van der Waals surface area contributed by atoms with Gasteiger partial charge in [0.1, 0.15) is 10.6 Å². The molecule has 1 aromatic heterocycles. The van der Waals surface area contributed by atoms with Gasteiger partial charge in [0.25, 0.3) is 0 Å². The Balaban J connectivity index is 1.85. The molecule has 29 heavy (non-hydrogen) atoms. The van der Waals surface area contributed by atoms with E-state index in [0.29, 0.717) is 5.69 Å². The molecule has 0 spiro atoms. The third-order valence-corrected chi connectivity index (χ3v) is 6.05. The number of amides is 2. The summed E-state index contributed by atoms with van der Waals surface area (Å²) in [5, 5.41) is 6.42. The molecule has 2 aromatic rings. The first-order valence-electron chi connectivity index (χ1n) is 9.20. The molecular formula is C19H26N4O5S. The topological polar surface area (TPSA) is 122 Å². The molecule has 0 bridgehead atoms. The third-order valence-electron chi connectivity index (χ3n) is 4.35. The first-order valence-corrected chi connectivity index (χ1v) is 10.7. The van der Waals surface area contributed by atoms with E-state index in [2.05, 4.69) is 15.2 Å². The van der Waals surface area contributed by atoms with Crippen LogP contribution < -0.4 is 10.0 Å². The molecule has 158 valence electrons. The highest BCUT2D eigenvalue weighted by Gasteiger charge is 2.24. The van der Waals surface area contributed by atoms with Crippen LogP contribution in [0.15, 0.2) is 33.7 Å². The Bertz CT molecular complexity index is 965. The minimum atomic E-state index is -3.83. The quantitative estimate of drug-likeness (QED) is 0.633. The maximum absolute atomic E-state index is 12.3. The van der Waals surface area contributed by atoms with Gasteiger partial charge < -0.3 is 14.7 Å². The lowest BCUT2D eigenvalue weighted by Crippen LogP contribution is -2.37. The lowest BCUT2D eigenvalue weighted by Gasteiger charge is -2.18. The fraction of sp³-hybridized carbons (Fsp3) is 0.421. The van der Waals surface area contributed by atoms with Crippen molar-refractivity contribution in [1.29, 1.82) is 0 Å². The maximum Gasteiger partial charge on any atom is 0.245 e. The fourth-order valence-corrected chi connectivity index (χ4v) is 4.21. The summed E-state index contributed by atoms with van der Waals surface area (Å²) < 4.78 is 31.9. The molecule has 0 aliphatic carbocycles. The minimum absolute atomic E-state index is 0.0210. The number of rotatable bonds is 9. The van der Waals surface area contributed by atoms with Crippen LogP contribution in [0.5, 0.6) is 0 Å². The van der Waals surface area contributed by atoms with Gasteiger partial charge >= 0.3 is 0 Å². The maximum atomic E-state index is 12.3. The number of hydrogen-bond donors (Lipinski definition) is 2. The number of likely N-dealkylation sites (N-methyl/N-ethyl adjacent to an activating group) is 1. The van der Waals surface area contributed by atoms with E-state index in [9.17, 15) is 18.0 Å². The summed E-state index contributed by atoms with van der Waals surface area (Å²) in [6.07, 6.45) is 0.689. The standard InChI is InChI=1S/C19H26N4O5S/c1-5-15-8-6-7-9-16(15)21-17(24)12-23(4)18(25)10-11-20-29(26,27)19-13(2)22-28-14(19)3/h6-9,20H,5,10-12H2,1-4H3,(H,21,24). The van der Waals surface area contributed by atoms with E-state index >= 15 is 0 Å². The Hall–Kier alpha value is -2.72. The summed E-state index contributed by atoms with van der Waals surface area (Å²) in [5.41, 5.74) is 1.97. The zero-order chi connectivity index (χ0) is 21.6. The zero-order valence-electron chi connectivity index (χ0n) is 17.0. The Morgan fingerprint density at radius 2 is 1.90 bits per heavy atom. The van der Waals surface area contributed by atoms with Crippen molar-refractivity contribution in [3.8, 4) is 0 Å². The van der Waals surface area contributed by atoms with E-state index in [1.165, 1.54) is 25.8 Å². The number of sulfonamides is 1. The first kappa shape index (κ1) is 22.6. The van der Waals surface area contributed by atoms with Crippen molar-refractivity contribution in [3.05, 3.63) is 41.3 Å². The lowest BCUT2D eigenvalue weighted by molar-refractivity contribution is -0.133. The lowest BCUT2D eigenvalue weighted by atomic mass is 10.1. The molecule has 2 rings (SSSR count). The summed E-state index contributed by atoms with van der Waals surface area (Å²) in [6, 6.07) is 7.46. The van der Waals surface area contributed by atoms with E-state index in [0.717, 1.165) is 12.0 Å². The van der Waals surface area contributed by atoms with Crippen molar-refractivity contribution < 1.29 is 22.5 Å². The van der Waals surface area contributed by atoms with Crippen LogP contribution in [0, 0.1) is 13.8 Å². The van der Waals surface area contributed by atoms with E-state index in [1.54, 1.807) is 0 Å². The highest BCUT2D eigenvalue weighted by molar-refractivity contribution is 7.89. The second-order valence-electron chi connectivity index (χ2n) is 6.61. The largest absolute Gasteiger partial charge is 0.360 e. The van der Waals surface area contributed by atoms with E-state index in [4.69, 9.17) is 4.52 Å². The Labute approximate surface area is 170 Å². The molecule has 0 aliphatic heterocycles. The van der Waals surface area contributed by atoms with E-state index in [-0.39, 0.29) is 47.7 Å². The zero-order valence-corrected chi connectivity index (χ0v) is 17.8. The minimum Gasteiger partial charge on any atom is -0.360 e. The van der Waals surface area contributed by atoms with E-state index < -0.39 is 10.0 Å².